The highest BCUT2D eigenvalue weighted by Gasteiger charge is 2.24. The molecule has 0 aromatic rings. The molecule has 0 saturated heterocycles. The smallest absolute Gasteiger partial charge is 0.306 e. The Kier molecular flexibility index (Phi) is 55.9. The molecule has 0 bridgehead atoms. The number of ether oxygens (including phenoxy) is 1. The van der Waals surface area contributed by atoms with E-state index in [1.165, 1.54) is 205 Å². The molecule has 0 fully saturated rings. The molecule has 0 heterocycles. The summed E-state index contributed by atoms with van der Waals surface area (Å²) in [6, 6.07) is -0.707. The first kappa shape index (κ1) is 67.8. The van der Waals surface area contributed by atoms with Crippen LogP contribution < -0.4 is 5.32 Å². The Hall–Kier alpha value is -2.18. The molecule has 0 aromatic heterocycles. The van der Waals surface area contributed by atoms with Crippen molar-refractivity contribution in [3.8, 4) is 0 Å². The van der Waals surface area contributed by atoms with E-state index in [0.717, 1.165) is 70.6 Å². The largest absolute Gasteiger partial charge is 0.462 e. The number of amides is 1. The van der Waals surface area contributed by atoms with Crippen LogP contribution in [-0.2, 0) is 14.3 Å². The third kappa shape index (κ3) is 52.2. The Morgan fingerprint density at radius 3 is 1.13 bits per heavy atom. The number of unbranched alkanes of at least 4 members (excludes halogenated alkanes) is 39. The second kappa shape index (κ2) is 57.7. The van der Waals surface area contributed by atoms with Crippen molar-refractivity contribution in [2.24, 2.45) is 0 Å². The van der Waals surface area contributed by atoms with Gasteiger partial charge in [0, 0.05) is 6.42 Å². The number of rotatable bonds is 56. The van der Waals surface area contributed by atoms with E-state index >= 15 is 0 Å². The van der Waals surface area contributed by atoms with Gasteiger partial charge in [0.15, 0.2) is 0 Å². The van der Waals surface area contributed by atoms with E-state index in [9.17, 15) is 19.8 Å². The highest BCUT2D eigenvalue weighted by molar-refractivity contribution is 5.77. The fourth-order valence-electron chi connectivity index (χ4n) is 9.56. The molecule has 0 aliphatic carbocycles. The number of esters is 1. The fraction of sp³-hybridized carbons (Fsp3) is 0.844. The molecule has 0 saturated carbocycles. The summed E-state index contributed by atoms with van der Waals surface area (Å²) in [5, 5.41) is 24.0. The third-order valence-electron chi connectivity index (χ3n) is 14.3. The van der Waals surface area contributed by atoms with Crippen molar-refractivity contribution in [1.82, 2.24) is 5.32 Å². The minimum Gasteiger partial charge on any atom is -0.462 e. The molecule has 0 aliphatic rings. The van der Waals surface area contributed by atoms with Crippen LogP contribution in [0, 0.1) is 0 Å². The van der Waals surface area contributed by atoms with E-state index in [0.29, 0.717) is 19.3 Å². The van der Waals surface area contributed by atoms with Crippen molar-refractivity contribution in [3.63, 3.8) is 0 Å². The zero-order chi connectivity index (χ0) is 50.9. The van der Waals surface area contributed by atoms with Crippen LogP contribution in [0.3, 0.4) is 0 Å². The molecule has 0 aliphatic heterocycles. The molecule has 0 aromatic carbocycles. The van der Waals surface area contributed by atoms with Gasteiger partial charge in [-0.2, -0.15) is 0 Å². The normalized spacial score (nSPS) is 13.4. The summed E-state index contributed by atoms with van der Waals surface area (Å²) in [4.78, 5) is 26.4. The van der Waals surface area contributed by atoms with Gasteiger partial charge in [0.2, 0.25) is 5.91 Å². The van der Waals surface area contributed by atoms with Gasteiger partial charge in [-0.15, -0.1) is 0 Å². The van der Waals surface area contributed by atoms with Gasteiger partial charge < -0.3 is 20.3 Å². The molecular weight excluding hydrogens is 863 g/mol. The third-order valence-corrected chi connectivity index (χ3v) is 14.3. The van der Waals surface area contributed by atoms with Crippen molar-refractivity contribution >= 4 is 11.9 Å². The average Bonchev–Trinajstić information content (AvgIpc) is 3.35. The van der Waals surface area contributed by atoms with E-state index in [-0.39, 0.29) is 24.9 Å². The second-order valence-electron chi connectivity index (χ2n) is 21.2. The first-order valence-corrected chi connectivity index (χ1v) is 30.9. The van der Waals surface area contributed by atoms with Gasteiger partial charge >= 0.3 is 5.97 Å². The van der Waals surface area contributed by atoms with Gasteiger partial charge in [0.1, 0.15) is 6.10 Å². The van der Waals surface area contributed by atoms with Crippen LogP contribution >= 0.6 is 0 Å². The molecule has 3 N–H and O–H groups in total. The quantitative estimate of drug-likeness (QED) is 0.0321. The zero-order valence-corrected chi connectivity index (χ0v) is 46.9. The number of carbonyl (C=O) groups is 2. The molecule has 0 radical (unpaired) electrons. The van der Waals surface area contributed by atoms with Crippen molar-refractivity contribution in [2.45, 2.75) is 341 Å². The number of aliphatic hydroxyl groups is 2. The molecule has 0 spiro atoms. The number of carbonyl (C=O) groups excluding carboxylic acids is 2. The summed E-state index contributed by atoms with van der Waals surface area (Å²) in [6.45, 7) is 6.49. The SMILES string of the molecule is CCCCC/C=C/C=C/C=C/C=C/CCCCCCCC(=O)OC(CCCCCCCCCCCCCCCCCC)CC(=O)NC(CO)C(O)CCCCCCCCCCCCCCCCCCC. The first-order chi connectivity index (χ1) is 34.5. The van der Waals surface area contributed by atoms with E-state index < -0.39 is 18.2 Å². The second-order valence-corrected chi connectivity index (χ2v) is 21.2. The standard InChI is InChI=1S/C64H119NO5/c1-4-7-10-13-16-19-22-25-28-31-33-36-39-42-45-48-51-54-57-64(69)70-60(55-52-49-46-43-40-37-34-30-27-24-21-18-15-12-9-6-3)58-63(68)65-61(59-66)62(67)56-53-50-47-44-41-38-35-32-29-26-23-20-17-14-11-8-5-2/h16,19,22,25,28,31,33,36,60-62,66-67H,4-15,17-18,20-21,23-24,26-27,29-30,32,34-35,37-59H2,1-3H3,(H,65,68)/b19-16+,25-22+,31-28+,36-33+. The predicted octanol–water partition coefficient (Wildman–Crippen LogP) is 19.4. The number of allylic oxidation sites excluding steroid dienone is 8. The van der Waals surface area contributed by atoms with E-state index in [1.807, 2.05) is 0 Å². The summed E-state index contributed by atoms with van der Waals surface area (Å²) in [5.41, 5.74) is 0. The number of aliphatic hydroxyl groups excluding tert-OH is 2. The van der Waals surface area contributed by atoms with Crippen LogP contribution in [-0.4, -0.2) is 46.9 Å². The van der Waals surface area contributed by atoms with E-state index in [1.54, 1.807) is 0 Å². The van der Waals surface area contributed by atoms with Gasteiger partial charge in [0.05, 0.1) is 25.2 Å². The topological polar surface area (TPSA) is 95.9 Å². The van der Waals surface area contributed by atoms with Crippen LogP contribution in [0.25, 0.3) is 0 Å². The maximum Gasteiger partial charge on any atom is 0.306 e. The summed E-state index contributed by atoms with van der Waals surface area (Å²) < 4.78 is 5.97. The molecule has 6 nitrogen and oxygen atoms in total. The van der Waals surface area contributed by atoms with Gasteiger partial charge in [-0.3, -0.25) is 9.59 Å². The lowest BCUT2D eigenvalue weighted by Crippen LogP contribution is -2.46. The molecular formula is C64H119NO5. The molecule has 1 amide bonds. The van der Waals surface area contributed by atoms with Crippen LogP contribution in [0.5, 0.6) is 0 Å². The summed E-state index contributed by atoms with van der Waals surface area (Å²) in [5.74, 6) is -0.483. The zero-order valence-electron chi connectivity index (χ0n) is 46.9. The summed E-state index contributed by atoms with van der Waals surface area (Å²) >= 11 is 0. The summed E-state index contributed by atoms with van der Waals surface area (Å²) in [7, 11) is 0. The van der Waals surface area contributed by atoms with E-state index in [4.69, 9.17) is 4.74 Å². The maximum absolute atomic E-state index is 13.3. The average molecular weight is 983 g/mol. The lowest BCUT2D eigenvalue weighted by Gasteiger charge is -2.24. The number of hydrogen-bond donors (Lipinski definition) is 3. The van der Waals surface area contributed by atoms with Crippen LogP contribution in [0.2, 0.25) is 0 Å². The highest BCUT2D eigenvalue weighted by atomic mass is 16.5. The Labute approximate surface area is 436 Å². The Morgan fingerprint density at radius 2 is 0.729 bits per heavy atom. The van der Waals surface area contributed by atoms with Crippen molar-refractivity contribution in [1.29, 1.82) is 0 Å². The van der Waals surface area contributed by atoms with Gasteiger partial charge in [-0.25, -0.2) is 0 Å². The van der Waals surface area contributed by atoms with Crippen molar-refractivity contribution in [3.05, 3.63) is 48.6 Å². The van der Waals surface area contributed by atoms with Crippen LogP contribution in [0.15, 0.2) is 48.6 Å². The highest BCUT2D eigenvalue weighted by Crippen LogP contribution is 2.19. The molecule has 0 rings (SSSR count). The minimum atomic E-state index is -0.792. The number of nitrogens with one attached hydrogen (secondary N) is 1. The van der Waals surface area contributed by atoms with Gasteiger partial charge in [-0.1, -0.05) is 307 Å². The Morgan fingerprint density at radius 1 is 0.414 bits per heavy atom. The fourth-order valence-corrected chi connectivity index (χ4v) is 9.56. The lowest BCUT2D eigenvalue weighted by molar-refractivity contribution is -0.151. The molecule has 3 unspecified atom stereocenters. The maximum atomic E-state index is 13.3. The van der Waals surface area contributed by atoms with Gasteiger partial charge in [-0.05, 0) is 51.4 Å². The summed E-state index contributed by atoms with van der Waals surface area (Å²) in [6.07, 6.45) is 71.7. The van der Waals surface area contributed by atoms with Crippen molar-refractivity contribution in [2.75, 3.05) is 6.61 Å². The molecule has 410 valence electrons. The minimum absolute atomic E-state index is 0.0714. The predicted molar refractivity (Wildman–Crippen MR) is 305 cm³/mol. The van der Waals surface area contributed by atoms with Crippen LogP contribution in [0.4, 0.5) is 0 Å². The number of hydrogen-bond acceptors (Lipinski definition) is 5. The molecule has 70 heavy (non-hydrogen) atoms. The molecule has 6 heteroatoms. The van der Waals surface area contributed by atoms with E-state index in [2.05, 4.69) is 74.7 Å². The Bertz CT molecular complexity index is 1190. The Balaban J connectivity index is 4.56. The lowest BCUT2D eigenvalue weighted by atomic mass is 10.0. The molecule has 3 atom stereocenters. The van der Waals surface area contributed by atoms with Crippen molar-refractivity contribution < 1.29 is 24.5 Å². The first-order valence-electron chi connectivity index (χ1n) is 30.9. The van der Waals surface area contributed by atoms with Crippen LogP contribution in [0.1, 0.15) is 323 Å². The van der Waals surface area contributed by atoms with Gasteiger partial charge in [0.25, 0.3) is 0 Å². The monoisotopic (exact) mass is 982 g/mol.